The number of benzene rings is 3. The number of hydrogen-bond acceptors (Lipinski definition) is 6. The summed E-state index contributed by atoms with van der Waals surface area (Å²) in [6, 6.07) is 31.4. The van der Waals surface area contributed by atoms with E-state index in [-0.39, 0.29) is 24.0 Å². The summed E-state index contributed by atoms with van der Waals surface area (Å²) >= 11 is 5.95. The van der Waals surface area contributed by atoms with Crippen LogP contribution in [0.1, 0.15) is 43.4 Å². The van der Waals surface area contributed by atoms with Gasteiger partial charge in [-0.05, 0) is 67.0 Å². The monoisotopic (exact) mass is 593 g/mol. The molecule has 1 amide bonds. The molecule has 2 aliphatic heterocycles. The lowest BCUT2D eigenvalue weighted by atomic mass is 9.79. The summed E-state index contributed by atoms with van der Waals surface area (Å²) in [4.78, 5) is 14.4. The molecule has 2 heterocycles. The quantitative estimate of drug-likeness (QED) is 0.154. The molecule has 2 aliphatic rings. The van der Waals surface area contributed by atoms with Crippen molar-refractivity contribution >= 4 is 24.4 Å². The lowest BCUT2D eigenvalue weighted by Crippen LogP contribution is -2.47. The Hall–Kier alpha value is -2.54. The Balaban J connectivity index is 1.44. The lowest BCUT2D eigenvalue weighted by molar-refractivity contribution is -0.00466. The van der Waals surface area contributed by atoms with Gasteiger partial charge < -0.3 is 23.4 Å². The van der Waals surface area contributed by atoms with Crippen LogP contribution >= 0.6 is 6.49 Å². The predicted octanol–water partition coefficient (Wildman–Crippen LogP) is 7.22. The molecule has 5 rings (SSSR count). The molecule has 0 bridgehead atoms. The zero-order valence-corrected chi connectivity index (χ0v) is 25.6. The summed E-state index contributed by atoms with van der Waals surface area (Å²) in [6.45, 7) is 4.04. The maximum absolute atomic E-state index is 12.5. The first kappa shape index (κ1) is 29.9. The van der Waals surface area contributed by atoms with Gasteiger partial charge in [0.05, 0.1) is 19.3 Å². The van der Waals surface area contributed by atoms with Gasteiger partial charge in [0.25, 0.3) is 0 Å². The van der Waals surface area contributed by atoms with E-state index in [0.29, 0.717) is 39.1 Å². The van der Waals surface area contributed by atoms with E-state index >= 15 is 0 Å². The van der Waals surface area contributed by atoms with Gasteiger partial charge >= 0.3 is 6.09 Å². The highest BCUT2D eigenvalue weighted by molar-refractivity contribution is 8.09. The van der Waals surface area contributed by atoms with Crippen molar-refractivity contribution in [1.29, 1.82) is 0 Å². The van der Waals surface area contributed by atoms with Crippen LogP contribution in [-0.2, 0) is 35.9 Å². The summed E-state index contributed by atoms with van der Waals surface area (Å²) in [6.07, 6.45) is 2.08. The van der Waals surface area contributed by atoms with Crippen LogP contribution in [0.25, 0.3) is 0 Å². The standard InChI is InChI=1S/C33H40NO5PS/c1-3-38-40(41,39-4-2)25-27-23-34-31(24-36-32(34)35)22-26(27)20-21-37-33(28-14-8-5-9-15-28,29-16-10-6-11-17-29)30-18-12-7-13-19-30/h5-19,26-27,31H,3-4,20-25H2,1-2H3/t26-,27+,31-/m0/s1. The fraction of sp³-hybridized carbons (Fsp3) is 0.424. The van der Waals surface area contributed by atoms with Crippen LogP contribution in [0.4, 0.5) is 4.79 Å². The van der Waals surface area contributed by atoms with E-state index in [9.17, 15) is 4.79 Å². The Morgan fingerprint density at radius 3 is 1.85 bits per heavy atom. The van der Waals surface area contributed by atoms with Gasteiger partial charge in [-0.15, -0.1) is 0 Å². The second-order valence-corrected chi connectivity index (χ2v) is 14.5. The largest absolute Gasteiger partial charge is 0.447 e. The van der Waals surface area contributed by atoms with Crippen molar-refractivity contribution in [3.8, 4) is 0 Å². The smallest absolute Gasteiger partial charge is 0.410 e. The third-order valence-electron chi connectivity index (χ3n) is 8.21. The van der Waals surface area contributed by atoms with Gasteiger partial charge in [-0.2, -0.15) is 0 Å². The van der Waals surface area contributed by atoms with E-state index in [0.717, 1.165) is 29.5 Å². The molecule has 0 unspecified atom stereocenters. The number of piperidine rings is 1. The van der Waals surface area contributed by atoms with Gasteiger partial charge in [0, 0.05) is 19.3 Å². The Morgan fingerprint density at radius 1 is 0.854 bits per heavy atom. The van der Waals surface area contributed by atoms with Crippen LogP contribution in [0.2, 0.25) is 0 Å². The Kier molecular flexibility index (Phi) is 9.95. The molecule has 3 atom stereocenters. The maximum Gasteiger partial charge on any atom is 0.410 e. The summed E-state index contributed by atoms with van der Waals surface area (Å²) in [5.74, 6) is 0.429. The molecule has 0 radical (unpaired) electrons. The molecule has 2 saturated heterocycles. The minimum atomic E-state index is -2.48. The van der Waals surface area contributed by atoms with Gasteiger partial charge in [-0.1, -0.05) is 91.0 Å². The highest BCUT2D eigenvalue weighted by atomic mass is 32.5. The first-order valence-corrected chi connectivity index (χ1v) is 17.4. The zero-order valence-electron chi connectivity index (χ0n) is 23.9. The fourth-order valence-electron chi connectivity index (χ4n) is 6.37. The average molecular weight is 594 g/mol. The molecular formula is C33H40NO5PS. The van der Waals surface area contributed by atoms with E-state index in [1.165, 1.54) is 0 Å². The number of ether oxygens (including phenoxy) is 2. The first-order valence-electron chi connectivity index (χ1n) is 14.6. The summed E-state index contributed by atoms with van der Waals surface area (Å²) in [5, 5.41) is 0. The summed E-state index contributed by atoms with van der Waals surface area (Å²) in [7, 11) is 0. The Labute approximate surface area is 249 Å². The Morgan fingerprint density at radius 2 is 1.37 bits per heavy atom. The van der Waals surface area contributed by atoms with E-state index in [1.54, 1.807) is 0 Å². The number of carbonyl (C=O) groups is 1. The minimum Gasteiger partial charge on any atom is -0.447 e. The summed E-state index contributed by atoms with van der Waals surface area (Å²) < 4.78 is 24.6. The molecule has 6 nitrogen and oxygen atoms in total. The van der Waals surface area contributed by atoms with Crippen molar-refractivity contribution in [3.05, 3.63) is 108 Å². The average Bonchev–Trinajstić information content (AvgIpc) is 3.36. The highest BCUT2D eigenvalue weighted by Gasteiger charge is 2.45. The molecule has 8 heteroatoms. The van der Waals surface area contributed by atoms with Crippen LogP contribution in [0.5, 0.6) is 0 Å². The molecule has 0 aliphatic carbocycles. The van der Waals surface area contributed by atoms with Crippen molar-refractivity contribution < 1.29 is 23.3 Å². The third kappa shape index (κ3) is 6.60. The number of amides is 1. The van der Waals surface area contributed by atoms with Crippen LogP contribution in [0.15, 0.2) is 91.0 Å². The normalized spacial score (nSPS) is 21.0. The van der Waals surface area contributed by atoms with Crippen molar-refractivity contribution in [2.75, 3.05) is 39.1 Å². The van der Waals surface area contributed by atoms with Crippen molar-refractivity contribution in [3.63, 3.8) is 0 Å². The molecule has 2 fully saturated rings. The van der Waals surface area contributed by atoms with Crippen molar-refractivity contribution in [1.82, 2.24) is 4.90 Å². The number of hydrogen-bond donors (Lipinski definition) is 0. The third-order valence-corrected chi connectivity index (χ3v) is 11.5. The molecule has 0 N–H and O–H groups in total. The molecule has 0 saturated carbocycles. The minimum absolute atomic E-state index is 0.0860. The number of cyclic esters (lactones) is 1. The van der Waals surface area contributed by atoms with Gasteiger partial charge in [0.15, 0.2) is 6.49 Å². The van der Waals surface area contributed by atoms with Crippen LogP contribution in [0.3, 0.4) is 0 Å². The van der Waals surface area contributed by atoms with Crippen LogP contribution in [-0.4, -0.2) is 56.2 Å². The molecular weight excluding hydrogens is 553 g/mol. The molecule has 3 aromatic rings. The van der Waals surface area contributed by atoms with Crippen molar-refractivity contribution in [2.24, 2.45) is 11.8 Å². The van der Waals surface area contributed by atoms with Gasteiger partial charge in [0.2, 0.25) is 0 Å². The highest BCUT2D eigenvalue weighted by Crippen LogP contribution is 2.53. The molecule has 0 aromatic heterocycles. The van der Waals surface area contributed by atoms with Crippen LogP contribution in [0, 0.1) is 11.8 Å². The second-order valence-electron chi connectivity index (χ2n) is 10.7. The number of fused-ring (bicyclic) bond motifs is 1. The van der Waals surface area contributed by atoms with E-state index in [1.807, 2.05) is 36.9 Å². The number of rotatable bonds is 13. The first-order chi connectivity index (χ1) is 20.0. The molecule has 3 aromatic carbocycles. The zero-order chi connectivity index (χ0) is 28.7. The molecule has 0 spiro atoms. The molecule has 218 valence electrons. The second kappa shape index (κ2) is 13.6. The van der Waals surface area contributed by atoms with E-state index in [4.69, 9.17) is 30.3 Å². The number of nitrogens with zero attached hydrogens (tertiary/aromatic N) is 1. The van der Waals surface area contributed by atoms with E-state index in [2.05, 4.69) is 72.8 Å². The number of carbonyl (C=O) groups excluding carboxylic acids is 1. The lowest BCUT2D eigenvalue weighted by Gasteiger charge is -2.41. The van der Waals surface area contributed by atoms with Gasteiger partial charge in [-0.3, -0.25) is 0 Å². The maximum atomic E-state index is 12.5. The fourth-order valence-corrected chi connectivity index (χ4v) is 9.63. The SMILES string of the molecule is CCOP(=S)(C[C@H]1CN2C(=O)OC[C@@H]2C[C@@H]1CCOC(c1ccccc1)(c1ccccc1)c1ccccc1)OCC. The predicted molar refractivity (Wildman–Crippen MR) is 166 cm³/mol. The molecule has 41 heavy (non-hydrogen) atoms. The summed E-state index contributed by atoms with van der Waals surface area (Å²) in [5.41, 5.74) is 2.49. The van der Waals surface area contributed by atoms with Crippen LogP contribution < -0.4 is 0 Å². The van der Waals surface area contributed by atoms with Gasteiger partial charge in [-0.25, -0.2) is 4.79 Å². The van der Waals surface area contributed by atoms with Gasteiger partial charge in [0.1, 0.15) is 12.2 Å². The van der Waals surface area contributed by atoms with Crippen molar-refractivity contribution in [2.45, 2.75) is 38.3 Å². The Bertz CT molecular complexity index is 1200. The topological polar surface area (TPSA) is 57.2 Å². The van der Waals surface area contributed by atoms with E-state index < -0.39 is 12.1 Å².